The van der Waals surface area contributed by atoms with Crippen LogP contribution in [0, 0.1) is 6.92 Å². The molecule has 8 heteroatoms. The molecule has 0 bridgehead atoms. The minimum Gasteiger partial charge on any atom is -0.491 e. The second-order valence-electron chi connectivity index (χ2n) is 7.11. The molecule has 0 saturated carbocycles. The van der Waals surface area contributed by atoms with Gasteiger partial charge in [-0.25, -0.2) is 0 Å². The normalized spacial score (nSPS) is 17.2. The maximum atomic E-state index is 12.5. The van der Waals surface area contributed by atoms with Gasteiger partial charge in [0, 0.05) is 18.4 Å². The molecule has 0 unspecified atom stereocenters. The number of alkyl halides is 3. The van der Waals surface area contributed by atoms with Crippen molar-refractivity contribution in [1.82, 2.24) is 4.57 Å². The topological polar surface area (TPSA) is 49.7 Å². The molecule has 2 heterocycles. The fourth-order valence-corrected chi connectivity index (χ4v) is 3.19. The number of aromatic nitrogens is 1. The van der Waals surface area contributed by atoms with Crippen molar-refractivity contribution in [3.63, 3.8) is 0 Å². The minimum atomic E-state index is -4.40. The Morgan fingerprint density at radius 3 is 2.66 bits per heavy atom. The number of nitrogens with zero attached hydrogens (tertiary/aromatic N) is 1. The summed E-state index contributed by atoms with van der Waals surface area (Å²) in [5.74, 6) is 0.596. The average molecular weight is 411 g/mol. The second kappa shape index (κ2) is 9.35. The first-order valence-corrected chi connectivity index (χ1v) is 9.54. The van der Waals surface area contributed by atoms with Crippen LogP contribution < -0.4 is 15.0 Å². The molecule has 0 radical (unpaired) electrons. The number of halogens is 3. The van der Waals surface area contributed by atoms with Crippen molar-refractivity contribution in [1.29, 1.82) is 0 Å². The van der Waals surface area contributed by atoms with E-state index in [1.807, 2.05) is 0 Å². The van der Waals surface area contributed by atoms with Gasteiger partial charge in [-0.3, -0.25) is 4.79 Å². The number of hydrogen-bond donors (Lipinski definition) is 0. The first kappa shape index (κ1) is 21.2. The van der Waals surface area contributed by atoms with Crippen molar-refractivity contribution in [2.45, 2.75) is 45.0 Å². The quantitative estimate of drug-likeness (QED) is 0.689. The number of benzene rings is 1. The molecule has 3 rings (SSSR count). The molecule has 1 atom stereocenters. The van der Waals surface area contributed by atoms with Gasteiger partial charge >= 0.3 is 6.18 Å². The van der Waals surface area contributed by atoms with Crippen molar-refractivity contribution < 1.29 is 27.4 Å². The van der Waals surface area contributed by atoms with Crippen LogP contribution in [0.4, 0.5) is 13.2 Å². The second-order valence-corrected chi connectivity index (χ2v) is 7.11. The predicted molar refractivity (Wildman–Crippen MR) is 102 cm³/mol. The third kappa shape index (κ3) is 6.52. The molecule has 29 heavy (non-hydrogen) atoms. The molecule has 0 amide bonds. The van der Waals surface area contributed by atoms with Crippen molar-refractivity contribution in [3.05, 3.63) is 58.0 Å². The lowest BCUT2D eigenvalue weighted by Gasteiger charge is -2.22. The largest absolute Gasteiger partial charge is 0.491 e. The zero-order valence-corrected chi connectivity index (χ0v) is 16.2. The van der Waals surface area contributed by atoms with Crippen LogP contribution in [-0.4, -0.2) is 36.7 Å². The van der Waals surface area contributed by atoms with Gasteiger partial charge in [-0.15, -0.1) is 0 Å². The number of hydrogen-bond acceptors (Lipinski definition) is 4. The van der Waals surface area contributed by atoms with E-state index in [0.29, 0.717) is 23.6 Å². The highest BCUT2D eigenvalue weighted by molar-refractivity contribution is 5.30. The number of pyridine rings is 1. The Labute approximate surface area is 167 Å². The minimum absolute atomic E-state index is 0.0472. The van der Waals surface area contributed by atoms with Crippen LogP contribution in [0.5, 0.6) is 11.5 Å². The molecule has 1 fully saturated rings. The molecular formula is C21H24F3NO4. The van der Waals surface area contributed by atoms with E-state index in [2.05, 4.69) is 0 Å². The van der Waals surface area contributed by atoms with Crippen molar-refractivity contribution in [2.24, 2.45) is 0 Å². The van der Waals surface area contributed by atoms with E-state index in [1.54, 1.807) is 25.1 Å². The molecule has 0 spiro atoms. The maximum absolute atomic E-state index is 12.5. The highest BCUT2D eigenvalue weighted by Crippen LogP contribution is 2.20. The van der Waals surface area contributed by atoms with Gasteiger partial charge in [0.15, 0.2) is 6.61 Å². The fourth-order valence-electron chi connectivity index (χ4n) is 3.19. The van der Waals surface area contributed by atoms with Gasteiger partial charge in [-0.05, 0) is 49.9 Å². The molecule has 1 aromatic heterocycles. The maximum Gasteiger partial charge on any atom is 0.422 e. The van der Waals surface area contributed by atoms with Crippen molar-refractivity contribution in [3.8, 4) is 11.5 Å². The van der Waals surface area contributed by atoms with Crippen molar-refractivity contribution >= 4 is 0 Å². The zero-order chi connectivity index (χ0) is 20.9. The highest BCUT2D eigenvalue weighted by atomic mass is 19.4. The Morgan fingerprint density at radius 2 is 1.97 bits per heavy atom. The van der Waals surface area contributed by atoms with E-state index < -0.39 is 12.8 Å². The van der Waals surface area contributed by atoms with Crippen LogP contribution in [0.15, 0.2) is 41.2 Å². The van der Waals surface area contributed by atoms with E-state index in [1.165, 1.54) is 22.8 Å². The molecule has 0 N–H and O–H groups in total. The van der Waals surface area contributed by atoms with E-state index in [4.69, 9.17) is 14.2 Å². The monoisotopic (exact) mass is 411 g/mol. The van der Waals surface area contributed by atoms with Crippen LogP contribution in [0.2, 0.25) is 0 Å². The molecule has 0 aliphatic carbocycles. The van der Waals surface area contributed by atoms with Crippen LogP contribution in [-0.2, 0) is 11.3 Å². The van der Waals surface area contributed by atoms with Gasteiger partial charge in [0.05, 0.1) is 12.6 Å². The van der Waals surface area contributed by atoms with Gasteiger partial charge < -0.3 is 18.8 Å². The molecule has 2 aromatic rings. The third-order valence-electron chi connectivity index (χ3n) is 4.66. The average Bonchev–Trinajstić information content (AvgIpc) is 2.68. The SMILES string of the molecule is Cc1cc(OC[C@H]2CCCCO2)cc(=O)n1Cc1cccc(OCC(F)(F)F)c1. The highest BCUT2D eigenvalue weighted by Gasteiger charge is 2.28. The van der Waals surface area contributed by atoms with Gasteiger partial charge in [0.2, 0.25) is 0 Å². The Bertz CT molecular complexity index is 873. The zero-order valence-electron chi connectivity index (χ0n) is 16.2. The lowest BCUT2D eigenvalue weighted by Crippen LogP contribution is -2.27. The summed E-state index contributed by atoms with van der Waals surface area (Å²) in [7, 11) is 0. The van der Waals surface area contributed by atoms with Crippen LogP contribution in [0.1, 0.15) is 30.5 Å². The summed E-state index contributed by atoms with van der Waals surface area (Å²) >= 11 is 0. The molecule has 1 aliphatic heterocycles. The first-order valence-electron chi connectivity index (χ1n) is 9.54. The van der Waals surface area contributed by atoms with E-state index in [9.17, 15) is 18.0 Å². The third-order valence-corrected chi connectivity index (χ3v) is 4.66. The Balaban J connectivity index is 1.65. The van der Waals surface area contributed by atoms with Crippen molar-refractivity contribution in [2.75, 3.05) is 19.8 Å². The first-order chi connectivity index (χ1) is 13.8. The Morgan fingerprint density at radius 1 is 1.14 bits per heavy atom. The smallest absolute Gasteiger partial charge is 0.422 e. The lowest BCUT2D eigenvalue weighted by atomic mass is 10.1. The van der Waals surface area contributed by atoms with Gasteiger partial charge in [0.25, 0.3) is 5.56 Å². The summed E-state index contributed by atoms with van der Waals surface area (Å²) in [5.41, 5.74) is 1.11. The van der Waals surface area contributed by atoms with E-state index >= 15 is 0 Å². The van der Waals surface area contributed by atoms with Crippen LogP contribution in [0.25, 0.3) is 0 Å². The molecule has 1 saturated heterocycles. The summed E-state index contributed by atoms with van der Waals surface area (Å²) < 4.78 is 54.6. The lowest BCUT2D eigenvalue weighted by molar-refractivity contribution is -0.153. The Kier molecular flexibility index (Phi) is 6.84. The summed E-state index contributed by atoms with van der Waals surface area (Å²) in [4.78, 5) is 12.5. The molecule has 1 aromatic carbocycles. The van der Waals surface area contributed by atoms with Crippen LogP contribution >= 0.6 is 0 Å². The molecule has 1 aliphatic rings. The van der Waals surface area contributed by atoms with E-state index in [0.717, 1.165) is 25.9 Å². The van der Waals surface area contributed by atoms with Gasteiger partial charge in [-0.1, -0.05) is 12.1 Å². The number of ether oxygens (including phenoxy) is 3. The van der Waals surface area contributed by atoms with Gasteiger partial charge in [0.1, 0.15) is 18.1 Å². The molecular weight excluding hydrogens is 387 g/mol. The number of aryl methyl sites for hydroxylation is 1. The van der Waals surface area contributed by atoms with Crippen LogP contribution in [0.3, 0.4) is 0 Å². The fraction of sp³-hybridized carbons (Fsp3) is 0.476. The summed E-state index contributed by atoms with van der Waals surface area (Å²) in [5, 5.41) is 0. The summed E-state index contributed by atoms with van der Waals surface area (Å²) in [6, 6.07) is 9.48. The number of rotatable bonds is 7. The summed E-state index contributed by atoms with van der Waals surface area (Å²) in [6.07, 6.45) is -1.23. The molecule has 158 valence electrons. The predicted octanol–water partition coefficient (Wildman–Crippen LogP) is 4.09. The standard InChI is InChI=1S/C21H24F3NO4/c1-15-9-19(28-13-18-6-2-3-8-27-18)11-20(26)25(15)12-16-5-4-7-17(10-16)29-14-21(22,23)24/h4-5,7,9-11,18H,2-3,6,8,12-14H2,1H3/t18-/m1/s1. The summed E-state index contributed by atoms with van der Waals surface area (Å²) in [6.45, 7) is 1.79. The Hall–Kier alpha value is -2.48. The molecule has 5 nitrogen and oxygen atoms in total. The van der Waals surface area contributed by atoms with E-state index in [-0.39, 0.29) is 24.0 Å². The van der Waals surface area contributed by atoms with Gasteiger partial charge in [-0.2, -0.15) is 13.2 Å².